The molecule has 162 valence electrons. The summed E-state index contributed by atoms with van der Waals surface area (Å²) in [4.78, 5) is 44.5. The Kier molecular flexibility index (Phi) is 5.71. The molecule has 1 atom stereocenters. The molecule has 2 aromatic carbocycles. The third-order valence-electron chi connectivity index (χ3n) is 5.54. The van der Waals surface area contributed by atoms with Crippen LogP contribution in [0.25, 0.3) is 0 Å². The number of likely N-dealkylation sites (tertiary alicyclic amines) is 1. The number of esters is 1. The first-order valence-corrected chi connectivity index (χ1v) is 12.0. The van der Waals surface area contributed by atoms with Crippen LogP contribution in [-0.2, 0) is 14.3 Å². The zero-order chi connectivity index (χ0) is 22.1. The molecule has 0 N–H and O–H groups in total. The molecule has 0 radical (unpaired) electrons. The van der Waals surface area contributed by atoms with Gasteiger partial charge in [-0.25, -0.2) is 4.79 Å². The molecule has 2 amide bonds. The van der Waals surface area contributed by atoms with Crippen molar-refractivity contribution in [3.63, 3.8) is 0 Å². The van der Waals surface area contributed by atoms with Crippen LogP contribution in [0.2, 0.25) is 0 Å². The molecule has 8 heteroatoms. The third-order valence-corrected chi connectivity index (χ3v) is 7.53. The molecule has 1 aromatic heterocycles. The Bertz CT molecular complexity index is 1130. The molecule has 0 unspecified atom stereocenters. The summed E-state index contributed by atoms with van der Waals surface area (Å²) in [6.45, 7) is 0.123. The van der Waals surface area contributed by atoms with Crippen LogP contribution in [0, 0.1) is 0 Å². The first kappa shape index (κ1) is 20.8. The zero-order valence-corrected chi connectivity index (χ0v) is 18.7. The summed E-state index contributed by atoms with van der Waals surface area (Å²) >= 11 is 2.96. The maximum absolute atomic E-state index is 13.2. The molecule has 2 aliphatic heterocycles. The van der Waals surface area contributed by atoms with Crippen LogP contribution in [-0.4, -0.2) is 41.9 Å². The van der Waals surface area contributed by atoms with Crippen molar-refractivity contribution in [2.75, 3.05) is 18.1 Å². The van der Waals surface area contributed by atoms with Gasteiger partial charge in [0.2, 0.25) is 0 Å². The van der Waals surface area contributed by atoms with Gasteiger partial charge in [0.1, 0.15) is 6.04 Å². The highest BCUT2D eigenvalue weighted by atomic mass is 32.2. The minimum Gasteiger partial charge on any atom is -0.454 e. The Hall–Kier alpha value is -3.10. The van der Waals surface area contributed by atoms with Crippen molar-refractivity contribution in [2.24, 2.45) is 0 Å². The molecular weight excluding hydrogens is 444 g/mol. The van der Waals surface area contributed by atoms with Crippen LogP contribution in [0.3, 0.4) is 0 Å². The molecule has 1 fully saturated rings. The van der Waals surface area contributed by atoms with E-state index in [4.69, 9.17) is 4.74 Å². The van der Waals surface area contributed by atoms with Crippen molar-refractivity contribution < 1.29 is 19.1 Å². The van der Waals surface area contributed by atoms with Gasteiger partial charge >= 0.3 is 5.97 Å². The van der Waals surface area contributed by atoms with Gasteiger partial charge in [0.25, 0.3) is 11.8 Å². The van der Waals surface area contributed by atoms with Crippen molar-refractivity contribution >= 4 is 52.3 Å². The van der Waals surface area contributed by atoms with Crippen molar-refractivity contribution in [3.8, 4) is 0 Å². The zero-order valence-electron chi connectivity index (χ0n) is 17.1. The van der Waals surface area contributed by atoms with E-state index in [1.807, 2.05) is 60.0 Å². The van der Waals surface area contributed by atoms with Gasteiger partial charge in [-0.3, -0.25) is 14.5 Å². The smallest absolute Gasteiger partial charge is 0.329 e. The number of hydrogen-bond acceptors (Lipinski definition) is 6. The van der Waals surface area contributed by atoms with Crippen LogP contribution in [0.4, 0.5) is 11.4 Å². The average molecular weight is 465 g/mol. The van der Waals surface area contributed by atoms with Crippen LogP contribution in [0.1, 0.15) is 22.5 Å². The minimum atomic E-state index is -0.658. The molecule has 5 rings (SSSR count). The predicted octanol–water partition coefficient (Wildman–Crippen LogP) is 4.73. The summed E-state index contributed by atoms with van der Waals surface area (Å²) in [5, 5.41) is 1.84. The maximum atomic E-state index is 13.2. The number of benzene rings is 2. The Morgan fingerprint density at radius 1 is 0.938 bits per heavy atom. The first-order valence-electron chi connectivity index (χ1n) is 10.3. The summed E-state index contributed by atoms with van der Waals surface area (Å²) in [5.41, 5.74) is 1.54. The fourth-order valence-electron chi connectivity index (χ4n) is 4.06. The second-order valence-corrected chi connectivity index (χ2v) is 9.54. The van der Waals surface area contributed by atoms with Gasteiger partial charge in [-0.05, 0) is 48.6 Å². The number of rotatable bonds is 4. The summed E-state index contributed by atoms with van der Waals surface area (Å²) in [5.74, 6) is -1.02. The molecule has 6 nitrogen and oxygen atoms in total. The molecule has 32 heavy (non-hydrogen) atoms. The van der Waals surface area contributed by atoms with Crippen LogP contribution >= 0.6 is 23.1 Å². The van der Waals surface area contributed by atoms with Gasteiger partial charge < -0.3 is 9.64 Å². The molecule has 2 aliphatic rings. The quantitative estimate of drug-likeness (QED) is 0.523. The van der Waals surface area contributed by atoms with Crippen molar-refractivity contribution in [2.45, 2.75) is 28.7 Å². The molecule has 3 heterocycles. The summed E-state index contributed by atoms with van der Waals surface area (Å²) in [6, 6.07) is 18.2. The van der Waals surface area contributed by atoms with E-state index in [2.05, 4.69) is 0 Å². The number of amides is 2. The highest BCUT2D eigenvalue weighted by Crippen LogP contribution is 2.47. The van der Waals surface area contributed by atoms with E-state index in [1.165, 1.54) is 11.3 Å². The molecule has 0 bridgehead atoms. The third kappa shape index (κ3) is 3.80. The van der Waals surface area contributed by atoms with E-state index in [0.717, 1.165) is 27.6 Å². The summed E-state index contributed by atoms with van der Waals surface area (Å²) in [7, 11) is 0. The number of anilines is 2. The molecule has 0 saturated carbocycles. The number of hydrogen-bond donors (Lipinski definition) is 0. The van der Waals surface area contributed by atoms with Crippen LogP contribution in [0.5, 0.6) is 0 Å². The van der Waals surface area contributed by atoms with E-state index < -0.39 is 12.0 Å². The van der Waals surface area contributed by atoms with Gasteiger partial charge in [-0.15, -0.1) is 11.3 Å². The SMILES string of the molecule is O=C(OCC(=O)N1c2ccccc2Sc2ccccc21)[C@@H]1CCCN1C(=O)c1cccs1. The number of ether oxygens (including phenoxy) is 1. The van der Waals surface area contributed by atoms with E-state index in [0.29, 0.717) is 17.8 Å². The van der Waals surface area contributed by atoms with E-state index in [-0.39, 0.29) is 18.4 Å². The number of nitrogens with zero attached hydrogens (tertiary/aromatic N) is 2. The minimum absolute atomic E-state index is 0.165. The maximum Gasteiger partial charge on any atom is 0.329 e. The van der Waals surface area contributed by atoms with Crippen molar-refractivity contribution in [1.29, 1.82) is 0 Å². The lowest BCUT2D eigenvalue weighted by molar-refractivity contribution is -0.151. The lowest BCUT2D eigenvalue weighted by Crippen LogP contribution is -2.42. The largest absolute Gasteiger partial charge is 0.454 e. The van der Waals surface area contributed by atoms with Crippen molar-refractivity contribution in [1.82, 2.24) is 4.90 Å². The first-order chi connectivity index (χ1) is 15.6. The van der Waals surface area contributed by atoms with Crippen LogP contribution < -0.4 is 4.90 Å². The molecule has 0 spiro atoms. The van der Waals surface area contributed by atoms with E-state index in [1.54, 1.807) is 27.6 Å². The fourth-order valence-corrected chi connectivity index (χ4v) is 5.80. The van der Waals surface area contributed by atoms with Gasteiger partial charge in [0.15, 0.2) is 6.61 Å². The predicted molar refractivity (Wildman–Crippen MR) is 123 cm³/mol. The van der Waals surface area contributed by atoms with Gasteiger partial charge in [-0.1, -0.05) is 42.1 Å². The Morgan fingerprint density at radius 2 is 1.62 bits per heavy atom. The average Bonchev–Trinajstić information content (AvgIpc) is 3.53. The number of carbonyl (C=O) groups excluding carboxylic acids is 3. The summed E-state index contributed by atoms with van der Waals surface area (Å²) < 4.78 is 5.44. The normalized spacial score (nSPS) is 16.9. The lowest BCUT2D eigenvalue weighted by Gasteiger charge is -2.31. The Morgan fingerprint density at radius 3 is 2.28 bits per heavy atom. The number of thiophene rings is 1. The van der Waals surface area contributed by atoms with Crippen LogP contribution in [0.15, 0.2) is 75.8 Å². The number of para-hydroxylation sites is 2. The topological polar surface area (TPSA) is 66.9 Å². The second-order valence-electron chi connectivity index (χ2n) is 7.51. The van der Waals surface area contributed by atoms with Gasteiger partial charge in [0.05, 0.1) is 16.3 Å². The molecule has 1 saturated heterocycles. The monoisotopic (exact) mass is 464 g/mol. The lowest BCUT2D eigenvalue weighted by atomic mass is 10.2. The standard InChI is InChI=1S/C24H20N2O4S2/c27-22(26-16-7-1-3-10-19(16)32-20-11-4-2-8-17(20)26)15-30-24(29)18-9-5-13-25(18)23(28)21-12-6-14-31-21/h1-4,6-8,10-12,14,18H,5,9,13,15H2/t18-/m0/s1. The molecule has 3 aromatic rings. The highest BCUT2D eigenvalue weighted by Gasteiger charge is 2.37. The van der Waals surface area contributed by atoms with E-state index >= 15 is 0 Å². The Balaban J connectivity index is 1.31. The van der Waals surface area contributed by atoms with Crippen molar-refractivity contribution in [3.05, 3.63) is 70.9 Å². The number of fused-ring (bicyclic) bond motifs is 2. The number of carbonyl (C=O) groups is 3. The molecule has 0 aliphatic carbocycles. The van der Waals surface area contributed by atoms with Gasteiger partial charge in [0, 0.05) is 16.3 Å². The fraction of sp³-hybridized carbons (Fsp3) is 0.208. The van der Waals surface area contributed by atoms with Gasteiger partial charge in [-0.2, -0.15) is 0 Å². The highest BCUT2D eigenvalue weighted by molar-refractivity contribution is 7.99. The van der Waals surface area contributed by atoms with E-state index in [9.17, 15) is 14.4 Å². The molecular formula is C24H20N2O4S2. The second kappa shape index (κ2) is 8.80. The Labute approximate surface area is 193 Å². The summed E-state index contributed by atoms with van der Waals surface area (Å²) in [6.07, 6.45) is 1.27.